The molecule has 0 aliphatic rings. The average Bonchev–Trinajstić information content (AvgIpc) is 2.34. The number of rotatable bonds is 2. The first-order chi connectivity index (χ1) is 8.34. The lowest BCUT2D eigenvalue weighted by atomic mass is 9.96. The van der Waals surface area contributed by atoms with Gasteiger partial charge in [0, 0.05) is 11.0 Å². The second-order valence-corrected chi connectivity index (χ2v) is 4.89. The van der Waals surface area contributed by atoms with Crippen LogP contribution in [0.2, 0.25) is 0 Å². The van der Waals surface area contributed by atoms with E-state index in [2.05, 4.69) is 10.9 Å². The number of carbonyl (C=O) groups is 2. The van der Waals surface area contributed by atoms with E-state index in [0.717, 1.165) is 0 Å². The Bertz CT molecular complexity index is 433. The van der Waals surface area contributed by atoms with Crippen molar-refractivity contribution in [2.45, 2.75) is 20.8 Å². The monoisotopic (exact) mass is 250 g/mol. The van der Waals surface area contributed by atoms with Gasteiger partial charge in [-0.15, -0.1) is 0 Å². The Morgan fingerprint density at radius 1 is 1.06 bits per heavy atom. The van der Waals surface area contributed by atoms with Crippen molar-refractivity contribution in [3.05, 3.63) is 29.8 Å². The fourth-order valence-electron chi connectivity index (χ4n) is 1.12. The van der Waals surface area contributed by atoms with Gasteiger partial charge < -0.3 is 4.74 Å². The highest BCUT2D eigenvalue weighted by atomic mass is 16.5. The molecule has 2 amide bonds. The lowest BCUT2D eigenvalue weighted by molar-refractivity contribution is -0.129. The van der Waals surface area contributed by atoms with Crippen molar-refractivity contribution in [3.63, 3.8) is 0 Å². The van der Waals surface area contributed by atoms with Crippen molar-refractivity contribution in [2.75, 3.05) is 7.11 Å². The average molecular weight is 250 g/mol. The fraction of sp³-hybridized carbons (Fsp3) is 0.385. The summed E-state index contributed by atoms with van der Waals surface area (Å²) >= 11 is 0. The van der Waals surface area contributed by atoms with Crippen LogP contribution in [0.1, 0.15) is 31.1 Å². The molecular formula is C13H18N2O3. The highest BCUT2D eigenvalue weighted by molar-refractivity contribution is 5.95. The van der Waals surface area contributed by atoms with Gasteiger partial charge in [0.15, 0.2) is 0 Å². The van der Waals surface area contributed by atoms with Crippen molar-refractivity contribution >= 4 is 11.8 Å². The summed E-state index contributed by atoms with van der Waals surface area (Å²) in [6.07, 6.45) is 0. The summed E-state index contributed by atoms with van der Waals surface area (Å²) in [7, 11) is 1.55. The van der Waals surface area contributed by atoms with Crippen LogP contribution in [0.15, 0.2) is 24.3 Å². The van der Waals surface area contributed by atoms with Crippen LogP contribution in [-0.2, 0) is 4.79 Å². The normalized spacial score (nSPS) is 10.7. The maximum atomic E-state index is 11.7. The van der Waals surface area contributed by atoms with Gasteiger partial charge in [0.2, 0.25) is 5.91 Å². The molecule has 18 heavy (non-hydrogen) atoms. The Hall–Kier alpha value is -2.04. The largest absolute Gasteiger partial charge is 0.497 e. The molecule has 0 saturated heterocycles. The zero-order valence-corrected chi connectivity index (χ0v) is 11.0. The second-order valence-electron chi connectivity index (χ2n) is 4.89. The van der Waals surface area contributed by atoms with Crippen molar-refractivity contribution in [1.82, 2.24) is 10.9 Å². The summed E-state index contributed by atoms with van der Waals surface area (Å²) in [6, 6.07) is 6.61. The van der Waals surface area contributed by atoms with Crippen LogP contribution in [0.4, 0.5) is 0 Å². The van der Waals surface area contributed by atoms with E-state index in [0.29, 0.717) is 11.3 Å². The fourth-order valence-corrected chi connectivity index (χ4v) is 1.12. The molecule has 0 saturated carbocycles. The van der Waals surface area contributed by atoms with Crippen LogP contribution in [0, 0.1) is 5.41 Å². The molecule has 0 radical (unpaired) electrons. The molecule has 5 heteroatoms. The van der Waals surface area contributed by atoms with Gasteiger partial charge in [-0.25, -0.2) is 0 Å². The molecule has 0 fully saturated rings. The van der Waals surface area contributed by atoms with Gasteiger partial charge in [-0.1, -0.05) is 20.8 Å². The Kier molecular flexibility index (Phi) is 4.31. The molecule has 0 aromatic heterocycles. The number of hydrazine groups is 1. The highest BCUT2D eigenvalue weighted by Gasteiger charge is 2.21. The Morgan fingerprint density at radius 3 is 2.06 bits per heavy atom. The van der Waals surface area contributed by atoms with Gasteiger partial charge in [0.05, 0.1) is 7.11 Å². The van der Waals surface area contributed by atoms with E-state index in [1.165, 1.54) is 0 Å². The van der Waals surface area contributed by atoms with Crippen LogP contribution in [0.5, 0.6) is 5.75 Å². The molecule has 0 atom stereocenters. The minimum Gasteiger partial charge on any atom is -0.497 e. The van der Waals surface area contributed by atoms with Gasteiger partial charge >= 0.3 is 0 Å². The molecule has 5 nitrogen and oxygen atoms in total. The summed E-state index contributed by atoms with van der Waals surface area (Å²) in [4.78, 5) is 23.3. The molecule has 0 heterocycles. The van der Waals surface area contributed by atoms with Crippen LogP contribution in [0.3, 0.4) is 0 Å². The maximum Gasteiger partial charge on any atom is 0.269 e. The third kappa shape index (κ3) is 3.76. The number of hydrogen-bond acceptors (Lipinski definition) is 3. The first-order valence-electron chi connectivity index (χ1n) is 5.59. The van der Waals surface area contributed by atoms with E-state index in [-0.39, 0.29) is 11.8 Å². The third-order valence-electron chi connectivity index (χ3n) is 2.32. The van der Waals surface area contributed by atoms with Crippen molar-refractivity contribution in [1.29, 1.82) is 0 Å². The predicted octanol–water partition coefficient (Wildman–Crippen LogP) is 1.50. The van der Waals surface area contributed by atoms with Crippen LogP contribution in [-0.4, -0.2) is 18.9 Å². The minimum absolute atomic E-state index is 0.246. The third-order valence-corrected chi connectivity index (χ3v) is 2.32. The second kappa shape index (κ2) is 5.53. The van der Waals surface area contributed by atoms with Crippen LogP contribution < -0.4 is 15.6 Å². The van der Waals surface area contributed by atoms with Gasteiger partial charge in [-0.3, -0.25) is 20.4 Å². The zero-order valence-electron chi connectivity index (χ0n) is 11.0. The standard InChI is InChI=1S/C13H18N2O3/c1-13(2,3)12(17)15-14-11(16)9-5-7-10(18-4)8-6-9/h5-8H,1-4H3,(H,14,16)(H,15,17). The van der Waals surface area contributed by atoms with Crippen molar-refractivity contribution in [3.8, 4) is 5.75 Å². The van der Waals surface area contributed by atoms with Gasteiger partial charge in [-0.2, -0.15) is 0 Å². The Labute approximate surface area is 106 Å². The molecular weight excluding hydrogens is 232 g/mol. The highest BCUT2D eigenvalue weighted by Crippen LogP contribution is 2.12. The molecule has 1 aromatic carbocycles. The molecule has 1 aromatic rings. The summed E-state index contributed by atoms with van der Waals surface area (Å²) in [5.74, 6) is 0.0601. The SMILES string of the molecule is COc1ccc(C(=O)NNC(=O)C(C)(C)C)cc1. The molecule has 0 spiro atoms. The first kappa shape index (κ1) is 14.0. The quantitative estimate of drug-likeness (QED) is 0.782. The van der Waals surface area contributed by atoms with Crippen LogP contribution in [0.25, 0.3) is 0 Å². The molecule has 1 rings (SSSR count). The predicted molar refractivity (Wildman–Crippen MR) is 68.1 cm³/mol. The molecule has 0 aliphatic heterocycles. The molecule has 0 aliphatic carbocycles. The van der Waals surface area contributed by atoms with Crippen LogP contribution >= 0.6 is 0 Å². The first-order valence-corrected chi connectivity index (χ1v) is 5.59. The van der Waals surface area contributed by atoms with E-state index in [9.17, 15) is 9.59 Å². The van der Waals surface area contributed by atoms with E-state index in [4.69, 9.17) is 4.74 Å². The minimum atomic E-state index is -0.548. The van der Waals surface area contributed by atoms with Gasteiger partial charge in [-0.05, 0) is 24.3 Å². The lowest BCUT2D eigenvalue weighted by Crippen LogP contribution is -2.46. The summed E-state index contributed by atoms with van der Waals surface area (Å²) in [6.45, 7) is 5.30. The summed E-state index contributed by atoms with van der Waals surface area (Å²) < 4.78 is 4.99. The van der Waals surface area contributed by atoms with Gasteiger partial charge in [0.1, 0.15) is 5.75 Å². The van der Waals surface area contributed by atoms with E-state index in [1.54, 1.807) is 52.1 Å². The van der Waals surface area contributed by atoms with Crippen molar-refractivity contribution in [2.24, 2.45) is 5.41 Å². The maximum absolute atomic E-state index is 11.7. The van der Waals surface area contributed by atoms with E-state index < -0.39 is 5.41 Å². The number of hydrogen-bond donors (Lipinski definition) is 2. The topological polar surface area (TPSA) is 67.4 Å². The zero-order chi connectivity index (χ0) is 13.8. The number of benzene rings is 1. The number of nitrogens with one attached hydrogen (secondary N) is 2. The molecule has 0 bridgehead atoms. The number of methoxy groups -OCH3 is 1. The van der Waals surface area contributed by atoms with Gasteiger partial charge in [0.25, 0.3) is 5.91 Å². The summed E-state index contributed by atoms with van der Waals surface area (Å²) in [5, 5.41) is 0. The van der Waals surface area contributed by atoms with E-state index in [1.807, 2.05) is 0 Å². The smallest absolute Gasteiger partial charge is 0.269 e. The Balaban J connectivity index is 2.58. The Morgan fingerprint density at radius 2 is 1.61 bits per heavy atom. The number of carbonyl (C=O) groups excluding carboxylic acids is 2. The molecule has 98 valence electrons. The number of amides is 2. The molecule has 0 unspecified atom stereocenters. The van der Waals surface area contributed by atoms with Crippen molar-refractivity contribution < 1.29 is 14.3 Å². The molecule has 2 N–H and O–H groups in total. The lowest BCUT2D eigenvalue weighted by Gasteiger charge is -2.17. The van der Waals surface area contributed by atoms with E-state index >= 15 is 0 Å². The number of ether oxygens (including phenoxy) is 1. The summed E-state index contributed by atoms with van der Waals surface area (Å²) in [5.41, 5.74) is 4.64.